The number of rotatable bonds is 4. The molecule has 0 radical (unpaired) electrons. The Kier molecular flexibility index (Phi) is 3.78. The molecule has 5 nitrogen and oxygen atoms in total. The van der Waals surface area contributed by atoms with Crippen molar-refractivity contribution in [2.24, 2.45) is 0 Å². The summed E-state index contributed by atoms with van der Waals surface area (Å²) in [6, 6.07) is 13.2. The first-order chi connectivity index (χ1) is 10.7. The van der Waals surface area contributed by atoms with E-state index in [9.17, 15) is 4.79 Å². The van der Waals surface area contributed by atoms with Crippen molar-refractivity contribution in [1.82, 2.24) is 14.7 Å². The minimum atomic E-state index is -0.137. The van der Waals surface area contributed by atoms with Crippen LogP contribution in [0.2, 0.25) is 0 Å². The van der Waals surface area contributed by atoms with Crippen LogP contribution in [0.25, 0.3) is 5.69 Å². The van der Waals surface area contributed by atoms with Gasteiger partial charge in [0.2, 0.25) is 0 Å². The average Bonchev–Trinajstić information content (AvgIpc) is 3.25. The van der Waals surface area contributed by atoms with Gasteiger partial charge < -0.3 is 9.32 Å². The molecule has 22 heavy (non-hydrogen) atoms. The Hall–Kier alpha value is -2.82. The van der Waals surface area contributed by atoms with Gasteiger partial charge in [-0.05, 0) is 31.2 Å². The van der Waals surface area contributed by atoms with Crippen molar-refractivity contribution in [3.05, 3.63) is 72.4 Å². The summed E-state index contributed by atoms with van der Waals surface area (Å²) in [5.74, 6) is 0.664. The summed E-state index contributed by atoms with van der Waals surface area (Å²) in [6.45, 7) is 1.93. The van der Waals surface area contributed by atoms with Gasteiger partial charge in [-0.1, -0.05) is 18.2 Å². The van der Waals surface area contributed by atoms with E-state index < -0.39 is 0 Å². The topological polar surface area (TPSA) is 51.3 Å². The van der Waals surface area contributed by atoms with Gasteiger partial charge in [0.15, 0.2) is 0 Å². The largest absolute Gasteiger partial charge is 0.467 e. The van der Waals surface area contributed by atoms with Gasteiger partial charge in [0.25, 0.3) is 5.91 Å². The smallest absolute Gasteiger partial charge is 0.257 e. The Morgan fingerprint density at radius 1 is 1.23 bits per heavy atom. The molecule has 0 fully saturated rings. The van der Waals surface area contributed by atoms with E-state index in [1.807, 2.05) is 49.4 Å². The molecule has 1 aromatic carbocycles. The molecule has 0 aliphatic rings. The first kappa shape index (κ1) is 14.1. The number of hydrogen-bond acceptors (Lipinski definition) is 3. The highest BCUT2D eigenvalue weighted by atomic mass is 16.3. The number of hydrogen-bond donors (Lipinski definition) is 0. The molecule has 1 atom stereocenters. The number of furan rings is 1. The first-order valence-corrected chi connectivity index (χ1v) is 7.07. The van der Waals surface area contributed by atoms with E-state index in [1.54, 1.807) is 35.3 Å². The molecule has 1 unspecified atom stereocenters. The van der Waals surface area contributed by atoms with Crippen LogP contribution in [0.1, 0.15) is 29.1 Å². The van der Waals surface area contributed by atoms with Crippen molar-refractivity contribution in [3.63, 3.8) is 0 Å². The summed E-state index contributed by atoms with van der Waals surface area (Å²) < 4.78 is 7.06. The van der Waals surface area contributed by atoms with E-state index >= 15 is 0 Å². The third kappa shape index (κ3) is 2.65. The lowest BCUT2D eigenvalue weighted by Gasteiger charge is -2.22. The van der Waals surface area contributed by atoms with E-state index in [4.69, 9.17) is 4.42 Å². The van der Waals surface area contributed by atoms with Crippen molar-refractivity contribution in [3.8, 4) is 5.69 Å². The molecule has 2 heterocycles. The number of benzene rings is 1. The van der Waals surface area contributed by atoms with E-state index in [-0.39, 0.29) is 11.9 Å². The molecule has 112 valence electrons. The first-order valence-electron chi connectivity index (χ1n) is 7.07. The molecular weight excluding hydrogens is 278 g/mol. The van der Waals surface area contributed by atoms with Crippen LogP contribution in [0, 0.1) is 0 Å². The van der Waals surface area contributed by atoms with Crippen LogP contribution in [-0.2, 0) is 0 Å². The van der Waals surface area contributed by atoms with Gasteiger partial charge >= 0.3 is 0 Å². The van der Waals surface area contributed by atoms with Crippen molar-refractivity contribution >= 4 is 5.91 Å². The summed E-state index contributed by atoms with van der Waals surface area (Å²) in [5.41, 5.74) is 1.47. The van der Waals surface area contributed by atoms with E-state index in [2.05, 4.69) is 5.10 Å². The van der Waals surface area contributed by atoms with Crippen molar-refractivity contribution in [2.45, 2.75) is 13.0 Å². The van der Waals surface area contributed by atoms with Crippen LogP contribution in [0.15, 0.2) is 65.5 Å². The highest BCUT2D eigenvalue weighted by Crippen LogP contribution is 2.21. The molecule has 3 rings (SSSR count). The Bertz CT molecular complexity index is 747. The monoisotopic (exact) mass is 295 g/mol. The molecule has 0 aliphatic heterocycles. The standard InChI is InChI=1S/C17H17N3O2/c1-13(16-9-6-10-22-16)19(2)17(21)14-11-18-20(12-14)15-7-4-3-5-8-15/h3-13H,1-2H3. The van der Waals surface area contributed by atoms with Gasteiger partial charge in [-0.25, -0.2) is 4.68 Å². The molecule has 0 N–H and O–H groups in total. The number of carbonyl (C=O) groups is 1. The quantitative estimate of drug-likeness (QED) is 0.742. The summed E-state index contributed by atoms with van der Waals surface area (Å²) in [6.07, 6.45) is 4.93. The second-order valence-electron chi connectivity index (χ2n) is 5.12. The van der Waals surface area contributed by atoms with Crippen LogP contribution in [0.4, 0.5) is 0 Å². The van der Waals surface area contributed by atoms with Gasteiger partial charge in [0.1, 0.15) is 5.76 Å². The SMILES string of the molecule is CC(c1ccco1)N(C)C(=O)c1cnn(-c2ccccc2)c1. The Morgan fingerprint density at radius 2 is 2.00 bits per heavy atom. The summed E-state index contributed by atoms with van der Waals surface area (Å²) >= 11 is 0. The molecule has 3 aromatic rings. The van der Waals surface area contributed by atoms with E-state index in [0.717, 1.165) is 11.4 Å². The Labute approximate surface area is 128 Å². The fourth-order valence-corrected chi connectivity index (χ4v) is 2.25. The second kappa shape index (κ2) is 5.89. The van der Waals surface area contributed by atoms with Gasteiger partial charge in [0, 0.05) is 13.2 Å². The molecule has 5 heteroatoms. The molecule has 0 saturated heterocycles. The number of nitrogens with zero attached hydrogens (tertiary/aromatic N) is 3. The minimum Gasteiger partial charge on any atom is -0.467 e. The number of para-hydroxylation sites is 1. The highest BCUT2D eigenvalue weighted by Gasteiger charge is 2.21. The van der Waals surface area contributed by atoms with Gasteiger partial charge in [-0.15, -0.1) is 0 Å². The Balaban J connectivity index is 1.80. The maximum absolute atomic E-state index is 12.6. The maximum atomic E-state index is 12.6. The molecule has 0 spiro atoms. The zero-order valence-corrected chi connectivity index (χ0v) is 12.5. The minimum absolute atomic E-state index is 0.0916. The van der Waals surface area contributed by atoms with Crippen molar-refractivity contribution in [1.29, 1.82) is 0 Å². The lowest BCUT2D eigenvalue weighted by Crippen LogP contribution is -2.29. The predicted molar refractivity (Wildman–Crippen MR) is 82.8 cm³/mol. The zero-order chi connectivity index (χ0) is 15.5. The number of aromatic nitrogens is 2. The lowest BCUT2D eigenvalue weighted by molar-refractivity contribution is 0.0726. The molecule has 0 bridgehead atoms. The van der Waals surface area contributed by atoms with Crippen molar-refractivity contribution < 1.29 is 9.21 Å². The second-order valence-corrected chi connectivity index (χ2v) is 5.12. The van der Waals surface area contributed by atoms with Gasteiger partial charge in [-0.3, -0.25) is 4.79 Å². The van der Waals surface area contributed by atoms with Crippen LogP contribution >= 0.6 is 0 Å². The molecule has 1 amide bonds. The van der Waals surface area contributed by atoms with Crippen LogP contribution in [0.3, 0.4) is 0 Å². The summed E-state index contributed by atoms with van der Waals surface area (Å²) in [7, 11) is 1.76. The van der Waals surface area contributed by atoms with Crippen LogP contribution in [0.5, 0.6) is 0 Å². The van der Waals surface area contributed by atoms with Gasteiger partial charge in [-0.2, -0.15) is 5.10 Å². The van der Waals surface area contributed by atoms with Crippen LogP contribution in [-0.4, -0.2) is 27.6 Å². The fraction of sp³-hybridized carbons (Fsp3) is 0.176. The summed E-state index contributed by atoms with van der Waals surface area (Å²) in [5, 5.41) is 4.26. The molecule has 2 aromatic heterocycles. The highest BCUT2D eigenvalue weighted by molar-refractivity contribution is 5.93. The van der Waals surface area contributed by atoms with E-state index in [1.165, 1.54) is 0 Å². The maximum Gasteiger partial charge on any atom is 0.257 e. The van der Waals surface area contributed by atoms with Crippen LogP contribution < -0.4 is 0 Å². The average molecular weight is 295 g/mol. The predicted octanol–water partition coefficient (Wildman–Crippen LogP) is 3.30. The molecule has 0 saturated carbocycles. The third-order valence-electron chi connectivity index (χ3n) is 3.71. The lowest BCUT2D eigenvalue weighted by atomic mass is 10.2. The zero-order valence-electron chi connectivity index (χ0n) is 12.5. The van der Waals surface area contributed by atoms with Crippen molar-refractivity contribution in [2.75, 3.05) is 7.05 Å². The molecular formula is C17H17N3O2. The molecule has 0 aliphatic carbocycles. The third-order valence-corrected chi connectivity index (χ3v) is 3.71. The normalized spacial score (nSPS) is 12.1. The Morgan fingerprint density at radius 3 is 2.68 bits per heavy atom. The van der Waals surface area contributed by atoms with E-state index in [0.29, 0.717) is 5.56 Å². The number of carbonyl (C=O) groups excluding carboxylic acids is 1. The fourth-order valence-electron chi connectivity index (χ4n) is 2.25. The summed E-state index contributed by atoms with van der Waals surface area (Å²) in [4.78, 5) is 14.2. The number of amides is 1. The van der Waals surface area contributed by atoms with Gasteiger partial charge in [0.05, 0.1) is 29.8 Å².